The smallest absolute Gasteiger partial charge is 0.258 e. The zero-order chi connectivity index (χ0) is 19.5. The number of nitrogens with zero attached hydrogens (tertiary/aromatic N) is 4. The molecule has 3 aromatic rings. The third-order valence-electron chi connectivity index (χ3n) is 4.93. The topological polar surface area (TPSA) is 108 Å². The van der Waals surface area contributed by atoms with E-state index >= 15 is 0 Å². The van der Waals surface area contributed by atoms with Crippen molar-refractivity contribution in [2.75, 3.05) is 5.32 Å². The molecule has 1 aliphatic carbocycles. The first kappa shape index (κ1) is 18.4. The number of nitrogens with two attached hydrogens (primary N) is 1. The van der Waals surface area contributed by atoms with E-state index in [-0.39, 0.29) is 12.5 Å². The Morgan fingerprint density at radius 2 is 2.00 bits per heavy atom. The van der Waals surface area contributed by atoms with Gasteiger partial charge in [-0.3, -0.25) is 14.3 Å². The van der Waals surface area contributed by atoms with Gasteiger partial charge in [0.25, 0.3) is 5.91 Å². The maximum absolute atomic E-state index is 12.5. The second-order valence-corrected chi connectivity index (χ2v) is 8.04. The van der Waals surface area contributed by atoms with Crippen molar-refractivity contribution in [2.45, 2.75) is 44.7 Å². The van der Waals surface area contributed by atoms with Gasteiger partial charge >= 0.3 is 0 Å². The Morgan fingerprint density at radius 1 is 1.18 bits per heavy atom. The average molecular weight is 398 g/mol. The van der Waals surface area contributed by atoms with Crippen LogP contribution in [0.2, 0.25) is 0 Å². The normalized spacial score (nSPS) is 14.9. The van der Waals surface area contributed by atoms with Crippen molar-refractivity contribution in [1.29, 1.82) is 0 Å². The van der Waals surface area contributed by atoms with Crippen LogP contribution in [0.25, 0.3) is 10.4 Å². The third-order valence-corrected chi connectivity index (χ3v) is 6.08. The SMILES string of the molecule is NC(=O)c1ccc(-c2cnn(CC(=O)Nc3ccnn3C3CCCCC3)c2)s1. The molecule has 0 radical (unpaired) electrons. The fraction of sp³-hybridized carbons (Fsp3) is 0.368. The molecule has 9 heteroatoms. The first-order valence-corrected chi connectivity index (χ1v) is 10.2. The van der Waals surface area contributed by atoms with Gasteiger partial charge < -0.3 is 11.1 Å². The predicted octanol–water partition coefficient (Wildman–Crippen LogP) is 3.05. The van der Waals surface area contributed by atoms with Gasteiger partial charge in [0.05, 0.1) is 23.3 Å². The van der Waals surface area contributed by atoms with Gasteiger partial charge in [0, 0.05) is 22.7 Å². The molecule has 3 heterocycles. The van der Waals surface area contributed by atoms with Crippen LogP contribution in [0.1, 0.15) is 47.8 Å². The van der Waals surface area contributed by atoms with Crippen LogP contribution in [0.3, 0.4) is 0 Å². The fourth-order valence-electron chi connectivity index (χ4n) is 3.56. The highest BCUT2D eigenvalue weighted by molar-refractivity contribution is 7.17. The lowest BCUT2D eigenvalue weighted by molar-refractivity contribution is -0.117. The maximum atomic E-state index is 12.5. The first-order valence-electron chi connectivity index (χ1n) is 9.36. The fourth-order valence-corrected chi connectivity index (χ4v) is 4.40. The molecule has 146 valence electrons. The molecule has 2 amide bonds. The van der Waals surface area contributed by atoms with Gasteiger partial charge in [-0.1, -0.05) is 19.3 Å². The second kappa shape index (κ2) is 7.97. The Kier molecular flexibility index (Phi) is 5.25. The van der Waals surface area contributed by atoms with Crippen LogP contribution in [0.4, 0.5) is 5.82 Å². The molecule has 28 heavy (non-hydrogen) atoms. The predicted molar refractivity (Wildman–Crippen MR) is 107 cm³/mol. The van der Waals surface area contributed by atoms with Gasteiger partial charge in [0.1, 0.15) is 12.4 Å². The van der Waals surface area contributed by atoms with Crippen molar-refractivity contribution < 1.29 is 9.59 Å². The molecule has 1 saturated carbocycles. The van der Waals surface area contributed by atoms with E-state index in [0.717, 1.165) is 29.1 Å². The summed E-state index contributed by atoms with van der Waals surface area (Å²) < 4.78 is 3.51. The minimum atomic E-state index is -0.447. The molecule has 8 nitrogen and oxygen atoms in total. The number of hydrogen-bond acceptors (Lipinski definition) is 5. The molecule has 0 aliphatic heterocycles. The Hall–Kier alpha value is -2.94. The number of anilines is 1. The number of carbonyl (C=O) groups is 2. The van der Waals surface area contributed by atoms with E-state index < -0.39 is 5.91 Å². The van der Waals surface area contributed by atoms with Gasteiger partial charge in [0.2, 0.25) is 5.91 Å². The van der Waals surface area contributed by atoms with Gasteiger partial charge in [-0.15, -0.1) is 11.3 Å². The number of hydrogen-bond donors (Lipinski definition) is 2. The quantitative estimate of drug-likeness (QED) is 0.665. The van der Waals surface area contributed by atoms with E-state index in [9.17, 15) is 9.59 Å². The number of primary amides is 1. The summed E-state index contributed by atoms with van der Waals surface area (Å²) >= 11 is 1.31. The van der Waals surface area contributed by atoms with Gasteiger partial charge in [-0.05, 0) is 25.0 Å². The summed E-state index contributed by atoms with van der Waals surface area (Å²) in [5.41, 5.74) is 6.14. The Morgan fingerprint density at radius 3 is 2.75 bits per heavy atom. The van der Waals surface area contributed by atoms with Crippen molar-refractivity contribution in [2.24, 2.45) is 5.73 Å². The standard InChI is InChI=1S/C19H22N6O2S/c20-19(27)16-7-6-15(28-16)13-10-22-24(11-13)12-18(26)23-17-8-9-21-25(17)14-4-2-1-3-5-14/h6-11,14H,1-5,12H2,(H2,20,27)(H,23,26). The zero-order valence-electron chi connectivity index (χ0n) is 15.4. The summed E-state index contributed by atoms with van der Waals surface area (Å²) in [6.45, 7) is 0.101. The molecule has 1 fully saturated rings. The van der Waals surface area contributed by atoms with Crippen molar-refractivity contribution in [3.8, 4) is 10.4 Å². The molecule has 0 aromatic carbocycles. The number of amides is 2. The molecule has 0 spiro atoms. The molecular weight excluding hydrogens is 376 g/mol. The highest BCUT2D eigenvalue weighted by Crippen LogP contribution is 2.30. The zero-order valence-corrected chi connectivity index (χ0v) is 16.2. The van der Waals surface area contributed by atoms with Crippen LogP contribution in [-0.2, 0) is 11.3 Å². The van der Waals surface area contributed by atoms with E-state index in [1.165, 1.54) is 30.6 Å². The maximum Gasteiger partial charge on any atom is 0.258 e. The molecule has 0 bridgehead atoms. The summed E-state index contributed by atoms with van der Waals surface area (Å²) in [7, 11) is 0. The Labute approximate surface area is 166 Å². The van der Waals surface area contributed by atoms with Crippen LogP contribution in [0.5, 0.6) is 0 Å². The third kappa shape index (κ3) is 3.99. The molecular formula is C19H22N6O2S. The van der Waals surface area contributed by atoms with Crippen molar-refractivity contribution in [3.05, 3.63) is 41.7 Å². The van der Waals surface area contributed by atoms with E-state index in [1.54, 1.807) is 29.3 Å². The molecule has 3 N–H and O–H groups in total. The van der Waals surface area contributed by atoms with Crippen molar-refractivity contribution in [1.82, 2.24) is 19.6 Å². The van der Waals surface area contributed by atoms with E-state index in [0.29, 0.717) is 10.9 Å². The number of nitrogens with one attached hydrogen (secondary N) is 1. The minimum absolute atomic E-state index is 0.101. The second-order valence-electron chi connectivity index (χ2n) is 6.96. The van der Waals surface area contributed by atoms with Crippen LogP contribution in [-0.4, -0.2) is 31.4 Å². The molecule has 0 unspecified atom stereocenters. The van der Waals surface area contributed by atoms with Gasteiger partial charge in [0.15, 0.2) is 0 Å². The van der Waals surface area contributed by atoms with Crippen LogP contribution in [0, 0.1) is 0 Å². The summed E-state index contributed by atoms with van der Waals surface area (Å²) in [5.74, 6) is 0.127. The molecule has 1 aliphatic rings. The highest BCUT2D eigenvalue weighted by atomic mass is 32.1. The summed E-state index contributed by atoms with van der Waals surface area (Å²) in [6.07, 6.45) is 11.1. The lowest BCUT2D eigenvalue weighted by Crippen LogP contribution is -2.23. The van der Waals surface area contributed by atoms with Crippen molar-refractivity contribution >= 4 is 29.0 Å². The molecule has 3 aromatic heterocycles. The summed E-state index contributed by atoms with van der Waals surface area (Å²) in [5, 5.41) is 11.6. The van der Waals surface area contributed by atoms with Crippen LogP contribution in [0.15, 0.2) is 36.8 Å². The monoisotopic (exact) mass is 398 g/mol. The Bertz CT molecular complexity index is 982. The largest absolute Gasteiger partial charge is 0.365 e. The lowest BCUT2D eigenvalue weighted by Gasteiger charge is -2.23. The Balaban J connectivity index is 1.40. The molecule has 4 rings (SSSR count). The van der Waals surface area contributed by atoms with Gasteiger partial charge in [-0.2, -0.15) is 10.2 Å². The molecule has 0 saturated heterocycles. The number of rotatable bonds is 6. The number of aromatic nitrogens is 4. The first-order chi connectivity index (χ1) is 13.6. The minimum Gasteiger partial charge on any atom is -0.365 e. The molecule has 0 atom stereocenters. The van der Waals surface area contributed by atoms with Crippen molar-refractivity contribution in [3.63, 3.8) is 0 Å². The average Bonchev–Trinajstić information content (AvgIpc) is 3.42. The lowest BCUT2D eigenvalue weighted by atomic mass is 9.96. The number of carbonyl (C=O) groups excluding carboxylic acids is 2. The highest BCUT2D eigenvalue weighted by Gasteiger charge is 2.19. The van der Waals surface area contributed by atoms with Gasteiger partial charge in [-0.25, -0.2) is 4.68 Å². The van der Waals surface area contributed by atoms with Crippen LogP contribution >= 0.6 is 11.3 Å². The number of thiophene rings is 1. The van der Waals surface area contributed by atoms with E-state index in [4.69, 9.17) is 5.73 Å². The van der Waals surface area contributed by atoms with E-state index in [2.05, 4.69) is 15.5 Å². The van der Waals surface area contributed by atoms with E-state index in [1.807, 2.05) is 16.8 Å². The summed E-state index contributed by atoms with van der Waals surface area (Å²) in [6, 6.07) is 5.71. The van der Waals surface area contributed by atoms with Crippen LogP contribution < -0.4 is 11.1 Å². The summed E-state index contributed by atoms with van der Waals surface area (Å²) in [4.78, 5) is 25.1.